The summed E-state index contributed by atoms with van der Waals surface area (Å²) in [5.41, 5.74) is 4.49. The Labute approximate surface area is 179 Å². The molecule has 4 nitrogen and oxygen atoms in total. The third-order valence-electron chi connectivity index (χ3n) is 5.13. The molecule has 0 spiro atoms. The number of rotatable bonds is 3. The zero-order valence-electron chi connectivity index (χ0n) is 16.7. The predicted octanol–water partition coefficient (Wildman–Crippen LogP) is 6.10. The molecule has 148 valence electrons. The van der Waals surface area contributed by atoms with Gasteiger partial charge in [-0.2, -0.15) is 0 Å². The summed E-state index contributed by atoms with van der Waals surface area (Å²) in [6, 6.07) is 17.8. The van der Waals surface area contributed by atoms with Gasteiger partial charge in [0, 0.05) is 34.0 Å². The molecule has 0 fully saturated rings. The van der Waals surface area contributed by atoms with E-state index in [2.05, 4.69) is 26.2 Å². The summed E-state index contributed by atoms with van der Waals surface area (Å²) >= 11 is 3.51. The highest BCUT2D eigenvalue weighted by Crippen LogP contribution is 2.42. The van der Waals surface area contributed by atoms with Gasteiger partial charge in [-0.1, -0.05) is 28.1 Å². The van der Waals surface area contributed by atoms with Crippen LogP contribution in [0.5, 0.6) is 5.75 Å². The highest BCUT2D eigenvalue weighted by atomic mass is 79.9. The highest BCUT2D eigenvalue weighted by Gasteiger charge is 2.37. The van der Waals surface area contributed by atoms with Gasteiger partial charge in [0.05, 0.1) is 5.92 Å². The number of amides is 1. The maximum absolute atomic E-state index is 13.1. The van der Waals surface area contributed by atoms with Crippen LogP contribution in [0, 0.1) is 6.92 Å². The second kappa shape index (κ2) is 7.64. The number of hydrogen-bond donors (Lipinski definition) is 1. The Hall–Kier alpha value is -2.66. The Balaban J connectivity index is 1.56. The van der Waals surface area contributed by atoms with Crippen LogP contribution in [0.3, 0.4) is 0 Å². The Kier molecular flexibility index (Phi) is 5.17. The van der Waals surface area contributed by atoms with Crippen LogP contribution in [0.2, 0.25) is 0 Å². The number of halogens is 1. The number of ether oxygens (including phenoxy) is 1. The third-order valence-corrected chi connectivity index (χ3v) is 5.62. The van der Waals surface area contributed by atoms with Crippen molar-refractivity contribution in [2.24, 2.45) is 0 Å². The summed E-state index contributed by atoms with van der Waals surface area (Å²) in [5.74, 6) is 0.481. The maximum atomic E-state index is 13.1. The fourth-order valence-corrected chi connectivity index (χ4v) is 4.14. The number of aromatic nitrogens is 1. The van der Waals surface area contributed by atoms with Gasteiger partial charge >= 0.3 is 0 Å². The van der Waals surface area contributed by atoms with E-state index in [0.717, 1.165) is 38.3 Å². The number of nitrogens with one attached hydrogen (secondary N) is 1. The molecule has 1 atom stereocenters. The first-order valence-electron chi connectivity index (χ1n) is 9.63. The molecule has 0 saturated heterocycles. The van der Waals surface area contributed by atoms with E-state index in [-0.39, 0.29) is 11.8 Å². The minimum absolute atomic E-state index is 0.0202. The quantitative estimate of drug-likeness (QED) is 0.523. The molecule has 1 N–H and O–H groups in total. The molecule has 29 heavy (non-hydrogen) atoms. The largest absolute Gasteiger partial charge is 0.488 e. The van der Waals surface area contributed by atoms with Crippen LogP contribution >= 0.6 is 15.9 Å². The van der Waals surface area contributed by atoms with E-state index in [1.807, 2.05) is 81.6 Å². The number of anilines is 1. The van der Waals surface area contributed by atoms with Crippen LogP contribution in [0.25, 0.3) is 11.1 Å². The number of hydrogen-bond acceptors (Lipinski definition) is 3. The number of aryl methyl sites for hydroxylation is 1. The van der Waals surface area contributed by atoms with Crippen LogP contribution in [-0.4, -0.2) is 16.5 Å². The first-order chi connectivity index (χ1) is 13.8. The second-order valence-electron chi connectivity index (χ2n) is 8.05. The molecule has 3 aromatic rings. The lowest BCUT2D eigenvalue weighted by atomic mass is 9.83. The molecule has 1 aliphatic rings. The molecule has 2 aromatic carbocycles. The van der Waals surface area contributed by atoms with Crippen molar-refractivity contribution < 1.29 is 9.53 Å². The van der Waals surface area contributed by atoms with E-state index in [0.29, 0.717) is 6.42 Å². The number of carbonyl (C=O) groups is 1. The Morgan fingerprint density at radius 2 is 1.86 bits per heavy atom. The molecular weight excluding hydrogens is 428 g/mol. The minimum atomic E-state index is -0.397. The summed E-state index contributed by atoms with van der Waals surface area (Å²) < 4.78 is 7.01. The van der Waals surface area contributed by atoms with E-state index < -0.39 is 5.60 Å². The van der Waals surface area contributed by atoms with Crippen LogP contribution in [0.1, 0.15) is 37.4 Å². The van der Waals surface area contributed by atoms with Crippen LogP contribution in [0.4, 0.5) is 5.69 Å². The average Bonchev–Trinajstić information content (AvgIpc) is 2.68. The van der Waals surface area contributed by atoms with Gasteiger partial charge in [-0.3, -0.25) is 9.78 Å². The molecule has 0 aliphatic carbocycles. The molecule has 0 radical (unpaired) electrons. The number of benzene rings is 2. The van der Waals surface area contributed by atoms with Crippen molar-refractivity contribution in [3.8, 4) is 16.9 Å². The van der Waals surface area contributed by atoms with Gasteiger partial charge in [-0.25, -0.2) is 0 Å². The summed E-state index contributed by atoms with van der Waals surface area (Å²) in [6.45, 7) is 6.01. The predicted molar refractivity (Wildman–Crippen MR) is 119 cm³/mol. The summed E-state index contributed by atoms with van der Waals surface area (Å²) in [7, 11) is 0. The van der Waals surface area contributed by atoms with Gasteiger partial charge in [-0.15, -0.1) is 0 Å². The summed E-state index contributed by atoms with van der Waals surface area (Å²) in [6.07, 6.45) is 2.43. The van der Waals surface area contributed by atoms with Gasteiger partial charge in [0.1, 0.15) is 11.4 Å². The molecule has 5 heteroatoms. The lowest BCUT2D eigenvalue weighted by Gasteiger charge is -2.37. The topological polar surface area (TPSA) is 51.2 Å². The van der Waals surface area contributed by atoms with Crippen molar-refractivity contribution in [1.29, 1.82) is 0 Å². The van der Waals surface area contributed by atoms with Gasteiger partial charge in [0.15, 0.2) is 0 Å². The number of nitrogens with zero attached hydrogens (tertiary/aromatic N) is 1. The molecular formula is C24H23BrN2O2. The van der Waals surface area contributed by atoms with Crippen molar-refractivity contribution in [1.82, 2.24) is 4.98 Å². The summed E-state index contributed by atoms with van der Waals surface area (Å²) in [5, 5.41) is 3.08. The van der Waals surface area contributed by atoms with Crippen LogP contribution in [0.15, 0.2) is 65.3 Å². The molecule has 2 heterocycles. The van der Waals surface area contributed by atoms with Gasteiger partial charge in [0.25, 0.3) is 0 Å². The molecule has 0 saturated carbocycles. The van der Waals surface area contributed by atoms with E-state index in [9.17, 15) is 4.79 Å². The fourth-order valence-electron chi connectivity index (χ4n) is 3.76. The standard InChI is InChI=1S/C24H23BrN2O2/c1-15-12-17(10-11-26-15)16-4-7-19(8-5-16)27-23(28)21-14-24(2,3)29-22-9-6-18(25)13-20(21)22/h4-13,21H,14H2,1-3H3,(H,27,28). The first kappa shape index (κ1) is 19.6. The second-order valence-corrected chi connectivity index (χ2v) is 8.97. The third kappa shape index (κ3) is 4.35. The van der Waals surface area contributed by atoms with Crippen LogP contribution in [-0.2, 0) is 4.79 Å². The van der Waals surface area contributed by atoms with Crippen molar-refractivity contribution in [2.75, 3.05) is 5.32 Å². The molecule has 1 aliphatic heterocycles. The van der Waals surface area contributed by atoms with Crippen LogP contribution < -0.4 is 10.1 Å². The lowest BCUT2D eigenvalue weighted by Crippen LogP contribution is -2.38. The highest BCUT2D eigenvalue weighted by molar-refractivity contribution is 9.10. The lowest BCUT2D eigenvalue weighted by molar-refractivity contribution is -0.119. The SMILES string of the molecule is Cc1cc(-c2ccc(NC(=O)C3CC(C)(C)Oc4ccc(Br)cc43)cc2)ccn1. The first-order valence-corrected chi connectivity index (χ1v) is 10.4. The van der Waals surface area contributed by atoms with E-state index in [1.54, 1.807) is 0 Å². The Morgan fingerprint density at radius 1 is 1.10 bits per heavy atom. The monoisotopic (exact) mass is 450 g/mol. The normalized spacial score (nSPS) is 17.2. The van der Waals surface area contributed by atoms with Gasteiger partial charge in [-0.05, 0) is 74.4 Å². The summed E-state index contributed by atoms with van der Waals surface area (Å²) in [4.78, 5) is 17.4. The zero-order valence-corrected chi connectivity index (χ0v) is 18.3. The van der Waals surface area contributed by atoms with Crippen molar-refractivity contribution in [3.63, 3.8) is 0 Å². The van der Waals surface area contributed by atoms with Crippen molar-refractivity contribution >= 4 is 27.5 Å². The van der Waals surface area contributed by atoms with Gasteiger partial charge in [0.2, 0.25) is 5.91 Å². The molecule has 1 unspecified atom stereocenters. The number of pyridine rings is 1. The molecule has 1 amide bonds. The Bertz CT molecular complexity index is 1060. The maximum Gasteiger partial charge on any atom is 0.232 e. The fraction of sp³-hybridized carbons (Fsp3) is 0.250. The van der Waals surface area contributed by atoms with Crippen molar-refractivity contribution in [2.45, 2.75) is 38.7 Å². The van der Waals surface area contributed by atoms with E-state index >= 15 is 0 Å². The molecule has 1 aromatic heterocycles. The van der Waals surface area contributed by atoms with E-state index in [4.69, 9.17) is 4.74 Å². The van der Waals surface area contributed by atoms with Gasteiger partial charge < -0.3 is 10.1 Å². The number of fused-ring (bicyclic) bond motifs is 1. The molecule has 0 bridgehead atoms. The number of carbonyl (C=O) groups excluding carboxylic acids is 1. The average molecular weight is 451 g/mol. The molecule has 4 rings (SSSR count). The van der Waals surface area contributed by atoms with E-state index in [1.165, 1.54) is 0 Å². The Morgan fingerprint density at radius 3 is 2.59 bits per heavy atom. The zero-order chi connectivity index (χ0) is 20.6. The smallest absolute Gasteiger partial charge is 0.232 e. The van der Waals surface area contributed by atoms with Crippen molar-refractivity contribution in [3.05, 3.63) is 76.5 Å². The minimum Gasteiger partial charge on any atom is -0.488 e.